The molecule has 0 saturated carbocycles. The van der Waals surface area contributed by atoms with Crippen molar-refractivity contribution in [1.82, 2.24) is 24.1 Å². The molecule has 3 rings (SSSR count). The quantitative estimate of drug-likeness (QED) is 0.824. The Hall–Kier alpha value is -1.67. The van der Waals surface area contributed by atoms with E-state index in [0.717, 1.165) is 0 Å². The monoisotopic (exact) mass is 253 g/mol. The van der Waals surface area contributed by atoms with E-state index in [0.29, 0.717) is 13.1 Å². The summed E-state index contributed by atoms with van der Waals surface area (Å²) in [6.07, 6.45) is 6.20. The highest BCUT2D eigenvalue weighted by Gasteiger charge is 2.38. The summed E-state index contributed by atoms with van der Waals surface area (Å²) in [5, 5.41) is 4.23. The molecule has 0 bridgehead atoms. The Morgan fingerprint density at radius 3 is 2.82 bits per heavy atom. The number of H-pyrrole nitrogens is 1. The van der Waals surface area contributed by atoms with Gasteiger partial charge in [-0.3, -0.25) is 4.68 Å². The molecule has 1 saturated heterocycles. The first-order chi connectivity index (χ1) is 8.18. The molecule has 2 aromatic heterocycles. The Labute approximate surface area is 98.1 Å². The second-order valence-electron chi connectivity index (χ2n) is 3.88. The standard InChI is InChI=1S/C9H11N5O2S/c15-17(16,9-4-10-7-11-9)13-5-8(6-13)14-3-1-2-12-14/h1-4,7-8H,5-6H2,(H,10,11). The van der Waals surface area contributed by atoms with E-state index in [9.17, 15) is 8.42 Å². The Bertz CT molecular complexity index is 583. The summed E-state index contributed by atoms with van der Waals surface area (Å²) >= 11 is 0. The summed E-state index contributed by atoms with van der Waals surface area (Å²) in [7, 11) is -3.41. The lowest BCUT2D eigenvalue weighted by atomic mass is 10.2. The van der Waals surface area contributed by atoms with Gasteiger partial charge in [-0.25, -0.2) is 13.4 Å². The molecule has 0 radical (unpaired) electrons. The minimum absolute atomic E-state index is 0.127. The molecule has 0 atom stereocenters. The molecule has 17 heavy (non-hydrogen) atoms. The van der Waals surface area contributed by atoms with E-state index in [-0.39, 0.29) is 11.1 Å². The third-order valence-electron chi connectivity index (χ3n) is 2.82. The lowest BCUT2D eigenvalue weighted by Crippen LogP contribution is -2.50. The van der Waals surface area contributed by atoms with Crippen molar-refractivity contribution in [3.8, 4) is 0 Å². The molecule has 8 heteroatoms. The molecular weight excluding hydrogens is 242 g/mol. The maximum Gasteiger partial charge on any atom is 0.260 e. The highest BCUT2D eigenvalue weighted by Crippen LogP contribution is 2.26. The molecule has 0 aliphatic carbocycles. The predicted molar refractivity (Wildman–Crippen MR) is 58.6 cm³/mol. The zero-order valence-electron chi connectivity index (χ0n) is 8.89. The van der Waals surface area contributed by atoms with Crippen molar-refractivity contribution in [1.29, 1.82) is 0 Å². The number of imidazole rings is 1. The fourth-order valence-electron chi connectivity index (χ4n) is 1.80. The van der Waals surface area contributed by atoms with Gasteiger partial charge in [0.2, 0.25) is 0 Å². The van der Waals surface area contributed by atoms with Crippen LogP contribution in [0.4, 0.5) is 0 Å². The van der Waals surface area contributed by atoms with Crippen LogP contribution in [0.3, 0.4) is 0 Å². The van der Waals surface area contributed by atoms with Gasteiger partial charge in [0, 0.05) is 25.5 Å². The van der Waals surface area contributed by atoms with Crippen molar-refractivity contribution in [3.05, 3.63) is 31.0 Å². The average Bonchev–Trinajstić information content (AvgIpc) is 2.87. The fraction of sp³-hybridized carbons (Fsp3) is 0.333. The van der Waals surface area contributed by atoms with Gasteiger partial charge in [0.15, 0.2) is 5.03 Å². The van der Waals surface area contributed by atoms with Crippen LogP contribution in [0.5, 0.6) is 0 Å². The molecule has 1 N–H and O–H groups in total. The van der Waals surface area contributed by atoms with Gasteiger partial charge in [-0.2, -0.15) is 9.40 Å². The first-order valence-electron chi connectivity index (χ1n) is 5.15. The predicted octanol–water partition coefficient (Wildman–Crippen LogP) is -0.148. The van der Waals surface area contributed by atoms with Gasteiger partial charge in [0.1, 0.15) is 0 Å². The van der Waals surface area contributed by atoms with Crippen LogP contribution in [-0.2, 0) is 10.0 Å². The molecular formula is C9H11N5O2S. The van der Waals surface area contributed by atoms with Crippen LogP contribution in [-0.4, -0.2) is 45.6 Å². The van der Waals surface area contributed by atoms with Crippen molar-refractivity contribution < 1.29 is 8.42 Å². The molecule has 2 aromatic rings. The summed E-state index contributed by atoms with van der Waals surface area (Å²) in [5.41, 5.74) is 0. The lowest BCUT2D eigenvalue weighted by molar-refractivity contribution is 0.191. The Kier molecular flexibility index (Phi) is 2.26. The van der Waals surface area contributed by atoms with Crippen molar-refractivity contribution in [2.45, 2.75) is 11.1 Å². The molecule has 1 aliphatic rings. The summed E-state index contributed by atoms with van der Waals surface area (Å²) in [5.74, 6) is 0. The second kappa shape index (κ2) is 3.67. The zero-order valence-corrected chi connectivity index (χ0v) is 9.71. The highest BCUT2D eigenvalue weighted by molar-refractivity contribution is 7.89. The van der Waals surface area contributed by atoms with Crippen molar-refractivity contribution >= 4 is 10.0 Å². The smallest absolute Gasteiger partial charge is 0.260 e. The normalized spacial score (nSPS) is 18.1. The lowest BCUT2D eigenvalue weighted by Gasteiger charge is -2.37. The SMILES string of the molecule is O=S(=O)(c1cnc[nH]1)N1CC(n2cccn2)C1. The summed E-state index contributed by atoms with van der Waals surface area (Å²) in [4.78, 5) is 6.33. The Morgan fingerprint density at radius 2 is 2.24 bits per heavy atom. The molecule has 0 amide bonds. The van der Waals surface area contributed by atoms with Crippen LogP contribution in [0.15, 0.2) is 36.0 Å². The number of hydrogen-bond acceptors (Lipinski definition) is 4. The summed E-state index contributed by atoms with van der Waals surface area (Å²) in [6.45, 7) is 0.895. The van der Waals surface area contributed by atoms with Gasteiger partial charge in [-0.1, -0.05) is 0 Å². The van der Waals surface area contributed by atoms with Crippen LogP contribution in [0.25, 0.3) is 0 Å². The molecule has 1 fully saturated rings. The van der Waals surface area contributed by atoms with E-state index in [1.54, 1.807) is 10.9 Å². The van der Waals surface area contributed by atoms with Crippen LogP contribution < -0.4 is 0 Å². The van der Waals surface area contributed by atoms with Crippen molar-refractivity contribution in [2.75, 3.05) is 13.1 Å². The third-order valence-corrected chi connectivity index (χ3v) is 4.58. The summed E-state index contributed by atoms with van der Waals surface area (Å²) < 4.78 is 27.2. The van der Waals surface area contributed by atoms with Crippen LogP contribution in [0.1, 0.15) is 6.04 Å². The molecule has 90 valence electrons. The van der Waals surface area contributed by atoms with Gasteiger partial charge in [-0.15, -0.1) is 0 Å². The first-order valence-corrected chi connectivity index (χ1v) is 6.59. The topological polar surface area (TPSA) is 83.9 Å². The molecule has 0 aromatic carbocycles. The van der Waals surface area contributed by atoms with E-state index in [2.05, 4.69) is 15.1 Å². The van der Waals surface area contributed by atoms with Crippen molar-refractivity contribution in [2.24, 2.45) is 0 Å². The number of nitrogens with one attached hydrogen (secondary N) is 1. The van der Waals surface area contributed by atoms with Gasteiger partial charge in [-0.05, 0) is 6.07 Å². The number of nitrogens with zero attached hydrogens (tertiary/aromatic N) is 4. The maximum absolute atomic E-state index is 12.0. The number of hydrogen-bond donors (Lipinski definition) is 1. The summed E-state index contributed by atoms with van der Waals surface area (Å²) in [6, 6.07) is 1.95. The maximum atomic E-state index is 12.0. The van der Waals surface area contributed by atoms with Gasteiger partial charge in [0.05, 0.1) is 18.6 Å². The number of sulfonamides is 1. The van der Waals surface area contributed by atoms with E-state index < -0.39 is 10.0 Å². The number of aromatic nitrogens is 4. The first kappa shape index (κ1) is 10.5. The molecule has 1 aliphatic heterocycles. The molecule has 7 nitrogen and oxygen atoms in total. The molecule has 0 spiro atoms. The van der Waals surface area contributed by atoms with E-state index in [4.69, 9.17) is 0 Å². The van der Waals surface area contributed by atoms with E-state index in [1.807, 2.05) is 12.3 Å². The molecule has 0 unspecified atom stereocenters. The Balaban J connectivity index is 1.74. The highest BCUT2D eigenvalue weighted by atomic mass is 32.2. The van der Waals surface area contributed by atoms with Gasteiger partial charge >= 0.3 is 0 Å². The fourth-order valence-corrected chi connectivity index (χ4v) is 3.21. The van der Waals surface area contributed by atoms with Crippen molar-refractivity contribution in [3.63, 3.8) is 0 Å². The van der Waals surface area contributed by atoms with Crippen LogP contribution in [0, 0.1) is 0 Å². The van der Waals surface area contributed by atoms with Crippen LogP contribution >= 0.6 is 0 Å². The Morgan fingerprint density at radius 1 is 1.41 bits per heavy atom. The van der Waals surface area contributed by atoms with Crippen LogP contribution in [0.2, 0.25) is 0 Å². The minimum Gasteiger partial charge on any atom is -0.335 e. The van der Waals surface area contributed by atoms with E-state index >= 15 is 0 Å². The molecule has 3 heterocycles. The number of rotatable bonds is 3. The third kappa shape index (κ3) is 1.65. The largest absolute Gasteiger partial charge is 0.335 e. The van der Waals surface area contributed by atoms with Gasteiger partial charge < -0.3 is 4.98 Å². The van der Waals surface area contributed by atoms with Gasteiger partial charge in [0.25, 0.3) is 10.0 Å². The minimum atomic E-state index is -3.41. The number of aromatic amines is 1. The van der Waals surface area contributed by atoms with E-state index in [1.165, 1.54) is 16.8 Å². The second-order valence-corrected chi connectivity index (χ2v) is 5.78. The average molecular weight is 253 g/mol. The zero-order chi connectivity index (χ0) is 11.9.